The molecule has 0 spiro atoms. The van der Waals surface area contributed by atoms with Crippen LogP contribution in [0.1, 0.15) is 41.8 Å². The summed E-state index contributed by atoms with van der Waals surface area (Å²) in [7, 11) is 0. The van der Waals surface area contributed by atoms with E-state index < -0.39 is 0 Å². The first-order valence-electron chi connectivity index (χ1n) is 7.51. The van der Waals surface area contributed by atoms with E-state index in [9.17, 15) is 0 Å². The van der Waals surface area contributed by atoms with Gasteiger partial charge >= 0.3 is 0 Å². The lowest BCUT2D eigenvalue weighted by Gasteiger charge is -2.19. The third-order valence-corrected chi connectivity index (χ3v) is 4.79. The van der Waals surface area contributed by atoms with Crippen molar-refractivity contribution in [1.82, 2.24) is 15.6 Å². The van der Waals surface area contributed by atoms with E-state index in [4.69, 9.17) is 5.26 Å². The number of nitrogens with zero attached hydrogens (tertiary/aromatic N) is 3. The molecule has 2 N–H and O–H groups in total. The van der Waals surface area contributed by atoms with Crippen molar-refractivity contribution in [3.05, 3.63) is 15.6 Å². The van der Waals surface area contributed by atoms with Gasteiger partial charge in [-0.3, -0.25) is 0 Å². The summed E-state index contributed by atoms with van der Waals surface area (Å²) in [6.45, 7) is 7.55. The number of aryl methyl sites for hydroxylation is 2. The van der Waals surface area contributed by atoms with Gasteiger partial charge in [-0.05, 0) is 40.0 Å². The highest BCUT2D eigenvalue weighted by Gasteiger charge is 2.27. The van der Waals surface area contributed by atoms with Crippen LogP contribution in [-0.2, 0) is 6.54 Å². The fourth-order valence-corrected chi connectivity index (χ4v) is 3.52. The SMILES string of the molecule is CCNC(=NCc1sc(C)nc1C)NC1CCCC1C#N. The van der Waals surface area contributed by atoms with Crippen LogP contribution in [0, 0.1) is 31.1 Å². The number of aromatic nitrogens is 1. The standard InChI is InChI=1S/C15H23N5S/c1-4-17-15(20-13-7-5-6-12(13)8-16)18-9-14-10(2)19-11(3)21-14/h12-13H,4-7,9H2,1-3H3,(H2,17,18,20). The number of hydrogen-bond acceptors (Lipinski definition) is 4. The smallest absolute Gasteiger partial charge is 0.191 e. The summed E-state index contributed by atoms with van der Waals surface area (Å²) in [5.74, 6) is 0.899. The number of guanidine groups is 1. The number of hydrogen-bond donors (Lipinski definition) is 2. The molecule has 1 aromatic rings. The van der Waals surface area contributed by atoms with Crippen LogP contribution in [0.4, 0.5) is 0 Å². The molecule has 5 nitrogen and oxygen atoms in total. The van der Waals surface area contributed by atoms with Gasteiger partial charge < -0.3 is 10.6 Å². The molecule has 1 saturated carbocycles. The van der Waals surface area contributed by atoms with Gasteiger partial charge in [-0.25, -0.2) is 9.98 Å². The molecule has 0 bridgehead atoms. The second-order valence-electron chi connectivity index (χ2n) is 5.35. The van der Waals surface area contributed by atoms with Crippen LogP contribution < -0.4 is 10.6 Å². The topological polar surface area (TPSA) is 73.1 Å². The summed E-state index contributed by atoms with van der Waals surface area (Å²) >= 11 is 1.70. The van der Waals surface area contributed by atoms with Crippen molar-refractivity contribution in [3.8, 4) is 6.07 Å². The highest BCUT2D eigenvalue weighted by atomic mass is 32.1. The molecule has 0 saturated heterocycles. The Kier molecular flexibility index (Phi) is 5.57. The molecular weight excluding hydrogens is 282 g/mol. The van der Waals surface area contributed by atoms with Gasteiger partial charge in [-0.2, -0.15) is 5.26 Å². The number of aliphatic imine (C=N–C) groups is 1. The van der Waals surface area contributed by atoms with E-state index in [1.807, 2.05) is 13.8 Å². The van der Waals surface area contributed by atoms with E-state index in [1.54, 1.807) is 11.3 Å². The highest BCUT2D eigenvalue weighted by Crippen LogP contribution is 2.24. The number of nitriles is 1. The second kappa shape index (κ2) is 7.41. The molecule has 1 heterocycles. The maximum absolute atomic E-state index is 9.17. The van der Waals surface area contributed by atoms with Crippen molar-refractivity contribution in [2.45, 2.75) is 52.6 Å². The number of thiazole rings is 1. The van der Waals surface area contributed by atoms with Gasteiger partial charge in [0.25, 0.3) is 0 Å². The van der Waals surface area contributed by atoms with Crippen molar-refractivity contribution in [3.63, 3.8) is 0 Å². The lowest BCUT2D eigenvalue weighted by molar-refractivity contribution is 0.532. The Labute approximate surface area is 130 Å². The Balaban J connectivity index is 2.02. The first-order chi connectivity index (χ1) is 10.1. The zero-order chi connectivity index (χ0) is 15.2. The van der Waals surface area contributed by atoms with Gasteiger partial charge in [0, 0.05) is 17.5 Å². The average molecular weight is 305 g/mol. The maximum Gasteiger partial charge on any atom is 0.191 e. The van der Waals surface area contributed by atoms with Gasteiger partial charge in [0.2, 0.25) is 0 Å². The van der Waals surface area contributed by atoms with Gasteiger partial charge in [-0.1, -0.05) is 0 Å². The van der Waals surface area contributed by atoms with Crippen LogP contribution in [0.2, 0.25) is 0 Å². The summed E-state index contributed by atoms with van der Waals surface area (Å²) in [6.07, 6.45) is 3.14. The Hall–Kier alpha value is -1.61. The van der Waals surface area contributed by atoms with Gasteiger partial charge in [0.1, 0.15) is 0 Å². The number of rotatable bonds is 4. The molecule has 0 amide bonds. The molecular formula is C15H23N5S. The number of nitrogens with one attached hydrogen (secondary N) is 2. The van der Waals surface area contributed by atoms with E-state index in [-0.39, 0.29) is 12.0 Å². The van der Waals surface area contributed by atoms with Crippen LogP contribution in [-0.4, -0.2) is 23.5 Å². The Bertz CT molecular complexity index is 543. The minimum atomic E-state index is 0.0984. The molecule has 1 aromatic heterocycles. The molecule has 0 aliphatic heterocycles. The summed E-state index contributed by atoms with van der Waals surface area (Å²) in [4.78, 5) is 10.3. The van der Waals surface area contributed by atoms with E-state index in [0.717, 1.165) is 42.5 Å². The molecule has 6 heteroatoms. The molecule has 21 heavy (non-hydrogen) atoms. The zero-order valence-electron chi connectivity index (χ0n) is 12.9. The summed E-state index contributed by atoms with van der Waals surface area (Å²) in [5, 5.41) is 16.9. The summed E-state index contributed by atoms with van der Waals surface area (Å²) < 4.78 is 0. The van der Waals surface area contributed by atoms with Crippen molar-refractivity contribution < 1.29 is 0 Å². The molecule has 0 aromatic carbocycles. The predicted molar refractivity (Wildman–Crippen MR) is 86.3 cm³/mol. The molecule has 2 atom stereocenters. The predicted octanol–water partition coefficient (Wildman–Crippen LogP) is 2.51. The Morgan fingerprint density at radius 1 is 1.48 bits per heavy atom. The fraction of sp³-hybridized carbons (Fsp3) is 0.667. The first-order valence-corrected chi connectivity index (χ1v) is 8.33. The van der Waals surface area contributed by atoms with Crippen LogP contribution in [0.15, 0.2) is 4.99 Å². The Morgan fingerprint density at radius 3 is 2.90 bits per heavy atom. The maximum atomic E-state index is 9.17. The normalized spacial score (nSPS) is 22.1. The van der Waals surface area contributed by atoms with Gasteiger partial charge in [0.15, 0.2) is 5.96 Å². The van der Waals surface area contributed by atoms with Crippen LogP contribution in [0.25, 0.3) is 0 Å². The lowest BCUT2D eigenvalue weighted by Crippen LogP contribution is -2.44. The molecule has 0 radical (unpaired) electrons. The van der Waals surface area contributed by atoms with Crippen LogP contribution >= 0.6 is 11.3 Å². The van der Waals surface area contributed by atoms with Crippen LogP contribution in [0.5, 0.6) is 0 Å². The largest absolute Gasteiger partial charge is 0.357 e. The summed E-state index contributed by atoms with van der Waals surface area (Å²) in [6, 6.07) is 2.61. The molecule has 1 fully saturated rings. The molecule has 1 aliphatic rings. The van der Waals surface area contributed by atoms with E-state index in [1.165, 1.54) is 4.88 Å². The third kappa shape index (κ3) is 4.18. The van der Waals surface area contributed by atoms with Gasteiger partial charge in [0.05, 0.1) is 29.2 Å². The van der Waals surface area contributed by atoms with E-state index in [0.29, 0.717) is 6.54 Å². The van der Waals surface area contributed by atoms with Crippen LogP contribution in [0.3, 0.4) is 0 Å². The monoisotopic (exact) mass is 305 g/mol. The van der Waals surface area contributed by atoms with Crippen molar-refractivity contribution in [2.24, 2.45) is 10.9 Å². The van der Waals surface area contributed by atoms with E-state index in [2.05, 4.69) is 33.6 Å². The molecule has 114 valence electrons. The van der Waals surface area contributed by atoms with Gasteiger partial charge in [-0.15, -0.1) is 11.3 Å². The third-order valence-electron chi connectivity index (χ3n) is 3.73. The van der Waals surface area contributed by atoms with E-state index >= 15 is 0 Å². The molecule has 1 aliphatic carbocycles. The molecule has 2 unspecified atom stereocenters. The quantitative estimate of drug-likeness (QED) is 0.662. The van der Waals surface area contributed by atoms with Crippen molar-refractivity contribution in [2.75, 3.05) is 6.54 Å². The Morgan fingerprint density at radius 2 is 2.29 bits per heavy atom. The minimum Gasteiger partial charge on any atom is -0.357 e. The zero-order valence-corrected chi connectivity index (χ0v) is 13.8. The fourth-order valence-electron chi connectivity index (χ4n) is 2.65. The van der Waals surface area contributed by atoms with Crippen molar-refractivity contribution in [1.29, 1.82) is 5.26 Å². The molecule has 2 rings (SSSR count). The highest BCUT2D eigenvalue weighted by molar-refractivity contribution is 7.11. The average Bonchev–Trinajstić information content (AvgIpc) is 3.02. The summed E-state index contributed by atoms with van der Waals surface area (Å²) in [5.41, 5.74) is 1.06. The first kappa shape index (κ1) is 15.8. The van der Waals surface area contributed by atoms with Crippen molar-refractivity contribution >= 4 is 17.3 Å². The second-order valence-corrected chi connectivity index (χ2v) is 6.64. The lowest BCUT2D eigenvalue weighted by atomic mass is 10.1. The minimum absolute atomic E-state index is 0.0984.